The first-order valence-corrected chi connectivity index (χ1v) is 5.67. The van der Waals surface area contributed by atoms with E-state index in [2.05, 4.69) is 20.1 Å². The molecule has 0 saturated heterocycles. The van der Waals surface area contributed by atoms with E-state index in [1.165, 1.54) is 0 Å². The van der Waals surface area contributed by atoms with E-state index >= 15 is 0 Å². The van der Waals surface area contributed by atoms with Crippen LogP contribution in [0.3, 0.4) is 0 Å². The zero-order valence-corrected chi connectivity index (χ0v) is 9.33. The molecule has 0 radical (unpaired) electrons. The van der Waals surface area contributed by atoms with Crippen molar-refractivity contribution in [3.63, 3.8) is 0 Å². The highest BCUT2D eigenvalue weighted by Gasteiger charge is 2.37. The summed E-state index contributed by atoms with van der Waals surface area (Å²) in [5.41, 5.74) is 6.39. The maximum atomic E-state index is 6.24. The second kappa shape index (κ2) is 3.89. The third kappa shape index (κ3) is 1.80. The Labute approximate surface area is 98.3 Å². The highest BCUT2D eigenvalue weighted by Crippen LogP contribution is 2.35. The molecule has 0 spiro atoms. The van der Waals surface area contributed by atoms with Gasteiger partial charge in [0.15, 0.2) is 0 Å². The molecule has 1 saturated carbocycles. The van der Waals surface area contributed by atoms with Gasteiger partial charge in [-0.15, -0.1) is 0 Å². The minimum atomic E-state index is -0.451. The van der Waals surface area contributed by atoms with Gasteiger partial charge in [-0.2, -0.15) is 4.98 Å². The van der Waals surface area contributed by atoms with Crippen molar-refractivity contribution in [1.29, 1.82) is 0 Å². The first-order chi connectivity index (χ1) is 8.28. The first-order valence-electron chi connectivity index (χ1n) is 5.67. The molecule has 1 aliphatic rings. The molecule has 0 amide bonds. The number of nitrogens with zero attached hydrogens (tertiary/aromatic N) is 4. The van der Waals surface area contributed by atoms with Crippen LogP contribution in [0.4, 0.5) is 0 Å². The van der Waals surface area contributed by atoms with E-state index < -0.39 is 5.54 Å². The number of rotatable bonds is 2. The van der Waals surface area contributed by atoms with E-state index in [-0.39, 0.29) is 0 Å². The average Bonchev–Trinajstić information content (AvgIpc) is 2.99. The van der Waals surface area contributed by atoms with E-state index in [0.717, 1.165) is 25.7 Å². The molecule has 0 bridgehead atoms. The highest BCUT2D eigenvalue weighted by molar-refractivity contribution is 5.45. The zero-order valence-electron chi connectivity index (χ0n) is 9.33. The van der Waals surface area contributed by atoms with Gasteiger partial charge in [0, 0.05) is 12.4 Å². The van der Waals surface area contributed by atoms with Crippen LogP contribution < -0.4 is 5.73 Å². The van der Waals surface area contributed by atoms with Crippen LogP contribution >= 0.6 is 0 Å². The summed E-state index contributed by atoms with van der Waals surface area (Å²) >= 11 is 0. The van der Waals surface area contributed by atoms with Crippen molar-refractivity contribution in [1.82, 2.24) is 20.1 Å². The minimum Gasteiger partial charge on any atom is -0.337 e. The molecule has 0 aliphatic heterocycles. The summed E-state index contributed by atoms with van der Waals surface area (Å²) < 4.78 is 5.25. The third-order valence-electron chi connectivity index (χ3n) is 3.14. The lowest BCUT2D eigenvalue weighted by Gasteiger charge is -2.17. The number of nitrogens with two attached hydrogens (primary N) is 1. The van der Waals surface area contributed by atoms with E-state index in [9.17, 15) is 0 Å². The normalized spacial score (nSPS) is 18.4. The van der Waals surface area contributed by atoms with Crippen molar-refractivity contribution >= 4 is 0 Å². The van der Waals surface area contributed by atoms with Crippen molar-refractivity contribution in [2.75, 3.05) is 0 Å². The Morgan fingerprint density at radius 1 is 1.24 bits per heavy atom. The van der Waals surface area contributed by atoms with E-state index in [4.69, 9.17) is 10.3 Å². The Hall–Kier alpha value is -1.82. The van der Waals surface area contributed by atoms with Crippen LogP contribution in [0.25, 0.3) is 11.5 Å². The molecule has 2 heterocycles. The summed E-state index contributed by atoms with van der Waals surface area (Å²) in [4.78, 5) is 12.4. The Bertz CT molecular complexity index is 504. The van der Waals surface area contributed by atoms with E-state index in [1.54, 1.807) is 18.6 Å². The van der Waals surface area contributed by atoms with Crippen LogP contribution in [-0.4, -0.2) is 20.1 Å². The van der Waals surface area contributed by atoms with Crippen LogP contribution in [0.1, 0.15) is 31.6 Å². The van der Waals surface area contributed by atoms with Gasteiger partial charge >= 0.3 is 0 Å². The van der Waals surface area contributed by atoms with Crippen LogP contribution in [0.2, 0.25) is 0 Å². The van der Waals surface area contributed by atoms with Crippen molar-refractivity contribution in [3.05, 3.63) is 24.5 Å². The molecule has 0 atom stereocenters. The lowest BCUT2D eigenvalue weighted by atomic mass is 9.99. The standard InChI is InChI=1S/C11H13N5O/c12-11(3-1-2-4-11)10-15-9(16-17-10)8-7-13-5-6-14-8/h5-7H,1-4,12H2. The van der Waals surface area contributed by atoms with E-state index in [0.29, 0.717) is 17.4 Å². The van der Waals surface area contributed by atoms with Crippen LogP contribution in [0, 0.1) is 0 Å². The van der Waals surface area contributed by atoms with Gasteiger partial charge in [0.2, 0.25) is 11.7 Å². The quantitative estimate of drug-likeness (QED) is 0.836. The molecule has 3 rings (SSSR count). The zero-order chi connectivity index (χ0) is 11.7. The average molecular weight is 231 g/mol. The van der Waals surface area contributed by atoms with Gasteiger partial charge in [0.05, 0.1) is 11.7 Å². The summed E-state index contributed by atoms with van der Waals surface area (Å²) in [7, 11) is 0. The Morgan fingerprint density at radius 2 is 2.06 bits per heavy atom. The molecule has 1 aliphatic carbocycles. The Morgan fingerprint density at radius 3 is 2.76 bits per heavy atom. The van der Waals surface area contributed by atoms with Gasteiger partial charge < -0.3 is 10.3 Å². The van der Waals surface area contributed by atoms with Crippen molar-refractivity contribution < 1.29 is 4.52 Å². The van der Waals surface area contributed by atoms with Gasteiger partial charge in [0.1, 0.15) is 5.69 Å². The van der Waals surface area contributed by atoms with Gasteiger partial charge in [0.25, 0.3) is 0 Å². The first kappa shape index (κ1) is 10.3. The second-order valence-electron chi connectivity index (χ2n) is 4.38. The smallest absolute Gasteiger partial charge is 0.247 e. The Kier molecular flexibility index (Phi) is 2.36. The predicted molar refractivity (Wildman–Crippen MR) is 59.7 cm³/mol. The summed E-state index contributed by atoms with van der Waals surface area (Å²) in [5.74, 6) is 0.959. The molecule has 17 heavy (non-hydrogen) atoms. The number of hydrogen-bond acceptors (Lipinski definition) is 6. The van der Waals surface area contributed by atoms with Crippen molar-refractivity contribution in [3.8, 4) is 11.5 Å². The van der Waals surface area contributed by atoms with Gasteiger partial charge in [-0.3, -0.25) is 4.98 Å². The summed E-state index contributed by atoms with van der Waals surface area (Å²) in [6.07, 6.45) is 8.82. The molecule has 6 heteroatoms. The summed E-state index contributed by atoms with van der Waals surface area (Å²) in [6.45, 7) is 0. The summed E-state index contributed by atoms with van der Waals surface area (Å²) in [6, 6.07) is 0. The van der Waals surface area contributed by atoms with Crippen molar-refractivity contribution in [2.45, 2.75) is 31.2 Å². The Balaban J connectivity index is 1.93. The largest absolute Gasteiger partial charge is 0.337 e. The van der Waals surface area contributed by atoms with Gasteiger partial charge in [-0.25, -0.2) is 4.98 Å². The molecule has 2 aromatic rings. The molecule has 2 N–H and O–H groups in total. The van der Waals surface area contributed by atoms with Gasteiger partial charge in [-0.05, 0) is 12.8 Å². The lowest BCUT2D eigenvalue weighted by Crippen LogP contribution is -2.33. The monoisotopic (exact) mass is 231 g/mol. The fraction of sp³-hybridized carbons (Fsp3) is 0.455. The molecular formula is C11H13N5O. The third-order valence-corrected chi connectivity index (χ3v) is 3.14. The topological polar surface area (TPSA) is 90.7 Å². The molecule has 2 aromatic heterocycles. The molecular weight excluding hydrogens is 218 g/mol. The fourth-order valence-corrected chi connectivity index (χ4v) is 2.16. The predicted octanol–water partition coefficient (Wildman–Crippen LogP) is 1.25. The molecule has 6 nitrogen and oxygen atoms in total. The van der Waals surface area contributed by atoms with E-state index in [1.807, 2.05) is 0 Å². The molecule has 1 fully saturated rings. The van der Waals surface area contributed by atoms with Crippen LogP contribution in [0.5, 0.6) is 0 Å². The maximum absolute atomic E-state index is 6.24. The number of aromatic nitrogens is 4. The van der Waals surface area contributed by atoms with Gasteiger partial charge in [-0.1, -0.05) is 18.0 Å². The molecule has 0 unspecified atom stereocenters. The highest BCUT2D eigenvalue weighted by atomic mass is 16.5. The number of hydrogen-bond donors (Lipinski definition) is 1. The molecule has 0 aromatic carbocycles. The minimum absolute atomic E-state index is 0.449. The summed E-state index contributed by atoms with van der Waals surface area (Å²) in [5, 5.41) is 3.91. The molecule has 88 valence electrons. The van der Waals surface area contributed by atoms with Crippen molar-refractivity contribution in [2.24, 2.45) is 5.73 Å². The SMILES string of the molecule is NC1(c2nc(-c3cnccn3)no2)CCCC1. The van der Waals surface area contributed by atoms with Crippen LogP contribution in [0.15, 0.2) is 23.1 Å². The fourth-order valence-electron chi connectivity index (χ4n) is 2.16. The second-order valence-corrected chi connectivity index (χ2v) is 4.38. The lowest BCUT2D eigenvalue weighted by molar-refractivity contribution is 0.285. The maximum Gasteiger partial charge on any atom is 0.247 e. The van der Waals surface area contributed by atoms with Crippen LogP contribution in [-0.2, 0) is 5.54 Å².